The molecule has 0 aliphatic carbocycles. The number of aromatic nitrogens is 2. The molecular formula is C10H13N3O4. The second-order valence-corrected chi connectivity index (χ2v) is 3.70. The molecule has 7 nitrogen and oxygen atoms in total. The maximum atomic E-state index is 10.6. The molecule has 1 saturated heterocycles. The molecule has 2 rings (SSSR count). The Labute approximate surface area is 97.7 Å². The average molecular weight is 239 g/mol. The summed E-state index contributed by atoms with van der Waals surface area (Å²) in [7, 11) is 0. The Kier molecular flexibility index (Phi) is 3.50. The number of anilines is 1. The van der Waals surface area contributed by atoms with Crippen LogP contribution in [0.3, 0.4) is 0 Å². The van der Waals surface area contributed by atoms with Crippen molar-refractivity contribution >= 4 is 11.9 Å². The fraction of sp³-hybridized carbons (Fsp3) is 0.500. The van der Waals surface area contributed by atoms with E-state index in [4.69, 9.17) is 14.9 Å². The fourth-order valence-electron chi connectivity index (χ4n) is 1.61. The third-order valence-corrected chi connectivity index (χ3v) is 2.51. The van der Waals surface area contributed by atoms with Crippen molar-refractivity contribution in [3.63, 3.8) is 0 Å². The molecule has 1 aliphatic heterocycles. The first-order valence-corrected chi connectivity index (χ1v) is 5.23. The van der Waals surface area contributed by atoms with Crippen molar-refractivity contribution in [1.29, 1.82) is 0 Å². The quantitative estimate of drug-likeness (QED) is 0.725. The maximum absolute atomic E-state index is 10.6. The normalized spacial score (nSPS) is 20.3. The van der Waals surface area contributed by atoms with Crippen LogP contribution in [0.2, 0.25) is 0 Å². The Morgan fingerprint density at radius 2 is 2.24 bits per heavy atom. The number of carboxylic acid groups (broad SMARTS) is 1. The zero-order valence-corrected chi connectivity index (χ0v) is 9.11. The number of morpholine rings is 1. The lowest BCUT2D eigenvalue weighted by atomic mass is 10.3. The summed E-state index contributed by atoms with van der Waals surface area (Å²) in [5, 5.41) is 17.7. The van der Waals surface area contributed by atoms with E-state index in [9.17, 15) is 4.79 Å². The van der Waals surface area contributed by atoms with Gasteiger partial charge in [-0.3, -0.25) is 0 Å². The largest absolute Gasteiger partial charge is 0.478 e. The zero-order chi connectivity index (χ0) is 12.3. The monoisotopic (exact) mass is 239 g/mol. The van der Waals surface area contributed by atoms with Crippen molar-refractivity contribution in [3.05, 3.63) is 18.0 Å². The molecule has 1 fully saturated rings. The summed E-state index contributed by atoms with van der Waals surface area (Å²) in [5.74, 6) is -0.594. The van der Waals surface area contributed by atoms with E-state index in [0.29, 0.717) is 25.6 Å². The van der Waals surface area contributed by atoms with Crippen LogP contribution < -0.4 is 4.90 Å². The highest BCUT2D eigenvalue weighted by Crippen LogP contribution is 2.12. The molecule has 1 aromatic heterocycles. The van der Waals surface area contributed by atoms with Crippen molar-refractivity contribution in [2.75, 3.05) is 31.2 Å². The summed E-state index contributed by atoms with van der Waals surface area (Å²) in [5.41, 5.74) is 0.0562. The van der Waals surface area contributed by atoms with E-state index in [1.165, 1.54) is 12.4 Å². The predicted molar refractivity (Wildman–Crippen MR) is 58.0 cm³/mol. The lowest BCUT2D eigenvalue weighted by molar-refractivity contribution is 0.00313. The van der Waals surface area contributed by atoms with Crippen LogP contribution in [0.1, 0.15) is 10.4 Å². The van der Waals surface area contributed by atoms with Gasteiger partial charge in [0, 0.05) is 25.5 Å². The number of aliphatic hydroxyl groups excluding tert-OH is 1. The van der Waals surface area contributed by atoms with Gasteiger partial charge in [0.05, 0.1) is 24.9 Å². The number of ether oxygens (including phenoxy) is 1. The summed E-state index contributed by atoms with van der Waals surface area (Å²) in [6.45, 7) is 1.57. The van der Waals surface area contributed by atoms with E-state index >= 15 is 0 Å². The number of hydrogen-bond donors (Lipinski definition) is 2. The van der Waals surface area contributed by atoms with Gasteiger partial charge >= 0.3 is 5.97 Å². The molecule has 1 atom stereocenters. The summed E-state index contributed by atoms with van der Waals surface area (Å²) in [4.78, 5) is 20.5. The molecule has 0 radical (unpaired) electrons. The molecule has 92 valence electrons. The first-order chi connectivity index (χ1) is 8.20. The highest BCUT2D eigenvalue weighted by molar-refractivity contribution is 5.86. The Hall–Kier alpha value is -1.73. The van der Waals surface area contributed by atoms with E-state index < -0.39 is 5.97 Å². The molecule has 0 amide bonds. The predicted octanol–water partition coefficient (Wildman–Crippen LogP) is -0.628. The smallest absolute Gasteiger partial charge is 0.338 e. The highest BCUT2D eigenvalue weighted by atomic mass is 16.5. The van der Waals surface area contributed by atoms with Gasteiger partial charge in [-0.15, -0.1) is 0 Å². The van der Waals surface area contributed by atoms with Gasteiger partial charge in [-0.1, -0.05) is 0 Å². The van der Waals surface area contributed by atoms with Gasteiger partial charge in [0.25, 0.3) is 0 Å². The van der Waals surface area contributed by atoms with Crippen molar-refractivity contribution in [2.24, 2.45) is 0 Å². The number of hydrogen-bond acceptors (Lipinski definition) is 6. The molecule has 0 aromatic carbocycles. The van der Waals surface area contributed by atoms with Gasteiger partial charge in [0.15, 0.2) is 0 Å². The number of carboxylic acids is 1. The van der Waals surface area contributed by atoms with Crippen molar-refractivity contribution in [3.8, 4) is 0 Å². The Bertz CT molecular complexity index is 395. The van der Waals surface area contributed by atoms with Gasteiger partial charge in [-0.2, -0.15) is 0 Å². The van der Waals surface area contributed by atoms with Gasteiger partial charge in [-0.25, -0.2) is 14.8 Å². The zero-order valence-electron chi connectivity index (χ0n) is 9.11. The number of nitrogens with zero attached hydrogens (tertiary/aromatic N) is 3. The Morgan fingerprint density at radius 1 is 1.53 bits per heavy atom. The first kappa shape index (κ1) is 11.7. The van der Waals surface area contributed by atoms with Crippen LogP contribution >= 0.6 is 0 Å². The molecule has 17 heavy (non-hydrogen) atoms. The molecule has 1 aromatic rings. The SMILES string of the molecule is O=C(O)c1cnc(N2CCOC(CO)C2)nc1. The van der Waals surface area contributed by atoms with Crippen LogP contribution in [-0.4, -0.2) is 58.6 Å². The first-order valence-electron chi connectivity index (χ1n) is 5.23. The Balaban J connectivity index is 2.08. The summed E-state index contributed by atoms with van der Waals surface area (Å²) in [6.07, 6.45) is 2.30. The van der Waals surface area contributed by atoms with Crippen LogP contribution in [0.25, 0.3) is 0 Å². The third-order valence-electron chi connectivity index (χ3n) is 2.51. The van der Waals surface area contributed by atoms with Crippen LogP contribution in [0.5, 0.6) is 0 Å². The molecule has 0 spiro atoms. The molecule has 0 bridgehead atoms. The third kappa shape index (κ3) is 2.69. The van der Waals surface area contributed by atoms with E-state index in [1.54, 1.807) is 0 Å². The Morgan fingerprint density at radius 3 is 2.82 bits per heavy atom. The maximum Gasteiger partial charge on any atom is 0.338 e. The average Bonchev–Trinajstić information content (AvgIpc) is 2.39. The van der Waals surface area contributed by atoms with Crippen molar-refractivity contribution < 1.29 is 19.7 Å². The minimum absolute atomic E-state index is 0.0519. The second-order valence-electron chi connectivity index (χ2n) is 3.70. The van der Waals surface area contributed by atoms with Crippen LogP contribution in [0, 0.1) is 0 Å². The lowest BCUT2D eigenvalue weighted by Gasteiger charge is -2.31. The van der Waals surface area contributed by atoms with Gasteiger partial charge in [0.2, 0.25) is 5.95 Å². The number of rotatable bonds is 3. The summed E-state index contributed by atoms with van der Waals surface area (Å²) in [6, 6.07) is 0. The minimum Gasteiger partial charge on any atom is -0.478 e. The molecule has 7 heteroatoms. The number of aliphatic hydroxyl groups is 1. The van der Waals surface area contributed by atoms with Gasteiger partial charge < -0.3 is 19.8 Å². The molecular weight excluding hydrogens is 226 g/mol. The standard InChI is InChI=1S/C10H13N3O4/c14-6-8-5-13(1-2-17-8)10-11-3-7(4-12-10)9(15)16/h3-4,8,14H,1-2,5-6H2,(H,15,16). The van der Waals surface area contributed by atoms with Crippen LogP contribution in [0.15, 0.2) is 12.4 Å². The molecule has 1 unspecified atom stereocenters. The van der Waals surface area contributed by atoms with Gasteiger partial charge in [0.1, 0.15) is 0 Å². The topological polar surface area (TPSA) is 95.8 Å². The highest BCUT2D eigenvalue weighted by Gasteiger charge is 2.21. The van der Waals surface area contributed by atoms with E-state index in [0.717, 1.165) is 0 Å². The lowest BCUT2D eigenvalue weighted by Crippen LogP contribution is -2.44. The minimum atomic E-state index is -1.05. The molecule has 1 aliphatic rings. The van der Waals surface area contributed by atoms with Gasteiger partial charge in [-0.05, 0) is 0 Å². The van der Waals surface area contributed by atoms with E-state index in [1.807, 2.05) is 4.90 Å². The second kappa shape index (κ2) is 5.07. The molecule has 0 saturated carbocycles. The van der Waals surface area contributed by atoms with Crippen LogP contribution in [0.4, 0.5) is 5.95 Å². The fourth-order valence-corrected chi connectivity index (χ4v) is 1.61. The number of aromatic carboxylic acids is 1. The molecule has 2 heterocycles. The summed E-state index contributed by atoms with van der Waals surface area (Å²) >= 11 is 0. The van der Waals surface area contributed by atoms with Crippen molar-refractivity contribution in [1.82, 2.24) is 9.97 Å². The summed E-state index contributed by atoms with van der Waals surface area (Å²) < 4.78 is 5.30. The molecule has 2 N–H and O–H groups in total. The van der Waals surface area contributed by atoms with Crippen LogP contribution in [-0.2, 0) is 4.74 Å². The van der Waals surface area contributed by atoms with E-state index in [-0.39, 0.29) is 18.3 Å². The number of carbonyl (C=O) groups is 1. The van der Waals surface area contributed by atoms with E-state index in [2.05, 4.69) is 9.97 Å². The van der Waals surface area contributed by atoms with Crippen molar-refractivity contribution in [2.45, 2.75) is 6.10 Å².